The lowest BCUT2D eigenvalue weighted by Gasteiger charge is -2.32. The third-order valence-corrected chi connectivity index (χ3v) is 3.80. The van der Waals surface area contributed by atoms with Gasteiger partial charge >= 0.3 is 0 Å². The first-order chi connectivity index (χ1) is 8.58. The van der Waals surface area contributed by atoms with Gasteiger partial charge < -0.3 is 10.2 Å². The average molecular weight is 254 g/mol. The molecule has 0 aromatic carbocycles. The summed E-state index contributed by atoms with van der Waals surface area (Å²) in [6, 6.07) is -0.310. The largest absolute Gasteiger partial charge is 0.304 e. The summed E-state index contributed by atoms with van der Waals surface area (Å²) in [5, 5.41) is 3.18. The molecular weight excluding hydrogens is 232 g/mol. The van der Waals surface area contributed by atoms with Crippen LogP contribution in [0.15, 0.2) is 0 Å². The molecule has 0 aromatic rings. The topological polar surface area (TPSA) is 55.9 Å². The summed E-state index contributed by atoms with van der Waals surface area (Å²) in [6.45, 7) is 6.06. The molecule has 18 heavy (non-hydrogen) atoms. The Kier molecular flexibility index (Phi) is 4.31. The number of nitrogens with one attached hydrogen (secondary N) is 1. The van der Waals surface area contributed by atoms with Crippen molar-refractivity contribution >= 4 is 11.8 Å². The Morgan fingerprint density at radius 2 is 1.83 bits per heavy atom. The second-order valence-corrected chi connectivity index (χ2v) is 5.15. The third kappa shape index (κ3) is 3.07. The van der Waals surface area contributed by atoms with Crippen molar-refractivity contribution in [2.75, 3.05) is 53.4 Å². The van der Waals surface area contributed by atoms with E-state index in [1.165, 1.54) is 4.90 Å². The van der Waals surface area contributed by atoms with Gasteiger partial charge in [-0.05, 0) is 7.05 Å². The van der Waals surface area contributed by atoms with Crippen LogP contribution in [0.25, 0.3) is 0 Å². The molecule has 2 aliphatic heterocycles. The Labute approximate surface area is 108 Å². The van der Waals surface area contributed by atoms with Crippen LogP contribution in [-0.2, 0) is 9.59 Å². The first kappa shape index (κ1) is 13.5. The Bertz CT molecular complexity index is 326. The van der Waals surface area contributed by atoms with Gasteiger partial charge in [-0.25, -0.2) is 0 Å². The zero-order chi connectivity index (χ0) is 13.1. The number of piperazine rings is 1. The van der Waals surface area contributed by atoms with Crippen LogP contribution in [0.3, 0.4) is 0 Å². The molecule has 102 valence electrons. The van der Waals surface area contributed by atoms with Crippen LogP contribution in [0.5, 0.6) is 0 Å². The number of likely N-dealkylation sites (N-methyl/N-ethyl adjacent to an activating group) is 2. The number of amides is 2. The minimum Gasteiger partial charge on any atom is -0.304 e. The normalized spacial score (nSPS) is 27.2. The van der Waals surface area contributed by atoms with Crippen LogP contribution in [-0.4, -0.2) is 85.9 Å². The highest BCUT2D eigenvalue weighted by atomic mass is 16.2. The van der Waals surface area contributed by atoms with Crippen LogP contribution in [0, 0.1) is 0 Å². The fraction of sp³-hybridized carbons (Fsp3) is 0.833. The SMILES string of the molecule is CN1CCN(CCNC2CC(=O)N(C)C2=O)CC1. The van der Waals surface area contributed by atoms with Crippen LogP contribution < -0.4 is 5.32 Å². The van der Waals surface area contributed by atoms with Gasteiger partial charge in [0.1, 0.15) is 0 Å². The number of nitrogens with zero attached hydrogens (tertiary/aromatic N) is 3. The Morgan fingerprint density at radius 3 is 2.39 bits per heavy atom. The fourth-order valence-electron chi connectivity index (χ4n) is 2.38. The molecule has 6 nitrogen and oxygen atoms in total. The van der Waals surface area contributed by atoms with E-state index < -0.39 is 0 Å². The van der Waals surface area contributed by atoms with Crippen molar-refractivity contribution in [2.45, 2.75) is 12.5 Å². The number of likely N-dealkylation sites (tertiary alicyclic amines) is 1. The van der Waals surface area contributed by atoms with Gasteiger partial charge in [-0.3, -0.25) is 19.4 Å². The van der Waals surface area contributed by atoms with Gasteiger partial charge in [0.25, 0.3) is 0 Å². The summed E-state index contributed by atoms with van der Waals surface area (Å²) in [5.41, 5.74) is 0. The van der Waals surface area contributed by atoms with E-state index in [-0.39, 0.29) is 17.9 Å². The van der Waals surface area contributed by atoms with Gasteiger partial charge in [0.05, 0.1) is 12.5 Å². The molecule has 2 aliphatic rings. The van der Waals surface area contributed by atoms with Crippen molar-refractivity contribution in [3.8, 4) is 0 Å². The van der Waals surface area contributed by atoms with Crippen molar-refractivity contribution in [3.63, 3.8) is 0 Å². The Morgan fingerprint density at radius 1 is 1.17 bits per heavy atom. The van der Waals surface area contributed by atoms with Crippen LogP contribution >= 0.6 is 0 Å². The van der Waals surface area contributed by atoms with E-state index in [9.17, 15) is 9.59 Å². The van der Waals surface area contributed by atoms with Crippen molar-refractivity contribution in [2.24, 2.45) is 0 Å². The van der Waals surface area contributed by atoms with Crippen molar-refractivity contribution in [1.29, 1.82) is 0 Å². The number of rotatable bonds is 4. The molecule has 0 saturated carbocycles. The monoisotopic (exact) mass is 254 g/mol. The minimum absolute atomic E-state index is 0.0860. The molecule has 0 aliphatic carbocycles. The van der Waals surface area contributed by atoms with E-state index in [2.05, 4.69) is 22.2 Å². The smallest absolute Gasteiger partial charge is 0.246 e. The summed E-state index contributed by atoms with van der Waals surface area (Å²) >= 11 is 0. The van der Waals surface area contributed by atoms with E-state index in [1.807, 2.05) is 0 Å². The molecular formula is C12H22N4O2. The number of carbonyl (C=O) groups is 2. The van der Waals surface area contributed by atoms with Crippen molar-refractivity contribution in [3.05, 3.63) is 0 Å². The lowest BCUT2D eigenvalue weighted by atomic mass is 10.2. The highest BCUT2D eigenvalue weighted by Crippen LogP contribution is 2.10. The van der Waals surface area contributed by atoms with Crippen LogP contribution in [0.4, 0.5) is 0 Å². The van der Waals surface area contributed by atoms with Crippen LogP contribution in [0.1, 0.15) is 6.42 Å². The van der Waals surface area contributed by atoms with Gasteiger partial charge in [-0.1, -0.05) is 0 Å². The molecule has 2 fully saturated rings. The highest BCUT2D eigenvalue weighted by molar-refractivity contribution is 6.05. The Balaban J connectivity index is 1.67. The van der Waals surface area contributed by atoms with E-state index in [0.717, 1.165) is 39.3 Å². The molecule has 0 aromatic heterocycles. The first-order valence-corrected chi connectivity index (χ1v) is 6.52. The molecule has 2 amide bonds. The summed E-state index contributed by atoms with van der Waals surface area (Å²) in [6.07, 6.45) is 0.304. The molecule has 1 atom stereocenters. The molecule has 0 bridgehead atoms. The summed E-state index contributed by atoms with van der Waals surface area (Å²) < 4.78 is 0. The fourth-order valence-corrected chi connectivity index (χ4v) is 2.38. The van der Waals surface area contributed by atoms with E-state index in [0.29, 0.717) is 6.42 Å². The van der Waals surface area contributed by atoms with E-state index in [4.69, 9.17) is 0 Å². The minimum atomic E-state index is -0.310. The number of carbonyl (C=O) groups excluding carboxylic acids is 2. The zero-order valence-corrected chi connectivity index (χ0v) is 11.2. The number of hydrogen-bond acceptors (Lipinski definition) is 5. The van der Waals surface area contributed by atoms with Crippen LogP contribution in [0.2, 0.25) is 0 Å². The van der Waals surface area contributed by atoms with E-state index >= 15 is 0 Å². The molecule has 1 N–H and O–H groups in total. The molecule has 2 saturated heterocycles. The highest BCUT2D eigenvalue weighted by Gasteiger charge is 2.35. The molecule has 2 heterocycles. The predicted octanol–water partition coefficient (Wildman–Crippen LogP) is -1.42. The molecule has 0 spiro atoms. The number of hydrogen-bond donors (Lipinski definition) is 1. The van der Waals surface area contributed by atoms with Crippen molar-refractivity contribution in [1.82, 2.24) is 20.0 Å². The van der Waals surface area contributed by atoms with E-state index in [1.54, 1.807) is 7.05 Å². The van der Waals surface area contributed by atoms with Gasteiger partial charge in [-0.15, -0.1) is 0 Å². The van der Waals surface area contributed by atoms with Crippen molar-refractivity contribution < 1.29 is 9.59 Å². The first-order valence-electron chi connectivity index (χ1n) is 6.52. The van der Waals surface area contributed by atoms with Gasteiger partial charge in [0.15, 0.2) is 0 Å². The summed E-state index contributed by atoms with van der Waals surface area (Å²) in [7, 11) is 3.68. The average Bonchev–Trinajstić information content (AvgIpc) is 2.60. The predicted molar refractivity (Wildman–Crippen MR) is 68.1 cm³/mol. The lowest BCUT2D eigenvalue weighted by molar-refractivity contribution is -0.137. The molecule has 6 heteroatoms. The zero-order valence-electron chi connectivity index (χ0n) is 11.2. The lowest BCUT2D eigenvalue weighted by Crippen LogP contribution is -2.48. The molecule has 1 unspecified atom stereocenters. The number of imide groups is 1. The summed E-state index contributed by atoms with van der Waals surface area (Å²) in [5.74, 6) is -0.185. The second kappa shape index (κ2) is 5.77. The summed E-state index contributed by atoms with van der Waals surface area (Å²) in [4.78, 5) is 28.9. The molecule has 2 rings (SSSR count). The van der Waals surface area contributed by atoms with Gasteiger partial charge in [-0.2, -0.15) is 0 Å². The molecule has 0 radical (unpaired) electrons. The quantitative estimate of drug-likeness (QED) is 0.624. The standard InChI is InChI=1S/C12H22N4O2/c1-14-5-7-16(8-6-14)4-3-13-10-9-11(17)15(2)12(10)18/h10,13H,3-9H2,1-2H3. The maximum Gasteiger partial charge on any atom is 0.246 e. The second-order valence-electron chi connectivity index (χ2n) is 5.15. The van der Waals surface area contributed by atoms with Gasteiger partial charge in [0.2, 0.25) is 11.8 Å². The maximum absolute atomic E-state index is 11.7. The van der Waals surface area contributed by atoms with Gasteiger partial charge in [0, 0.05) is 46.3 Å². The maximum atomic E-state index is 11.7. The Hall–Kier alpha value is -0.980. The third-order valence-electron chi connectivity index (χ3n) is 3.80.